The number of benzene rings is 1. The first-order valence-corrected chi connectivity index (χ1v) is 10.9. The Morgan fingerprint density at radius 2 is 1.96 bits per heavy atom. The van der Waals surface area contributed by atoms with Crippen molar-refractivity contribution in [2.45, 2.75) is 17.7 Å². The molecule has 2 aromatic rings. The summed E-state index contributed by atoms with van der Waals surface area (Å²) in [6, 6.07) is 8.49. The van der Waals surface area contributed by atoms with Gasteiger partial charge in [0.25, 0.3) is 5.91 Å². The Morgan fingerprint density at radius 3 is 2.64 bits per heavy atom. The number of sulfonamides is 1. The number of rotatable bonds is 7. The molecule has 9 heteroatoms. The third-order valence-electron chi connectivity index (χ3n) is 4.74. The predicted molar refractivity (Wildman–Crippen MR) is 107 cm³/mol. The van der Waals surface area contributed by atoms with Gasteiger partial charge in [0.2, 0.25) is 10.0 Å². The molecular formula is C19H24ClN3O4S. The molecule has 0 aliphatic carbocycles. The van der Waals surface area contributed by atoms with Crippen LogP contribution >= 0.6 is 11.6 Å². The fraction of sp³-hybridized carbons (Fsp3) is 0.421. The summed E-state index contributed by atoms with van der Waals surface area (Å²) in [5, 5.41) is 0.581. The highest BCUT2D eigenvalue weighted by atomic mass is 35.5. The van der Waals surface area contributed by atoms with E-state index in [1.165, 1.54) is 21.5 Å². The lowest BCUT2D eigenvalue weighted by molar-refractivity contribution is 0.0764. The van der Waals surface area contributed by atoms with Crippen LogP contribution < -0.4 is 4.74 Å². The molecule has 1 fully saturated rings. The molecule has 0 atom stereocenters. The lowest BCUT2D eigenvalue weighted by atomic mass is 10.3. The van der Waals surface area contributed by atoms with Gasteiger partial charge in [0.15, 0.2) is 0 Å². The van der Waals surface area contributed by atoms with Crippen LogP contribution in [-0.2, 0) is 17.1 Å². The number of carbonyl (C=O) groups excluding carboxylic acids is 1. The minimum absolute atomic E-state index is 0.156. The van der Waals surface area contributed by atoms with E-state index in [0.29, 0.717) is 42.7 Å². The van der Waals surface area contributed by atoms with Crippen molar-refractivity contribution in [3.05, 3.63) is 47.2 Å². The molecule has 1 saturated heterocycles. The van der Waals surface area contributed by atoms with Crippen molar-refractivity contribution in [1.29, 1.82) is 0 Å². The lowest BCUT2D eigenvalue weighted by Gasteiger charge is -2.18. The molecule has 1 aromatic heterocycles. The van der Waals surface area contributed by atoms with Crippen LogP contribution in [0.25, 0.3) is 0 Å². The van der Waals surface area contributed by atoms with Crippen molar-refractivity contribution >= 4 is 27.5 Å². The Balaban J connectivity index is 1.64. The fourth-order valence-corrected chi connectivity index (χ4v) is 4.89. The highest BCUT2D eigenvalue weighted by molar-refractivity contribution is 7.89. The quantitative estimate of drug-likeness (QED) is 0.683. The second kappa shape index (κ2) is 8.55. The molecule has 1 amide bonds. The molecule has 7 nitrogen and oxygen atoms in total. The number of ether oxygens (including phenoxy) is 1. The first-order chi connectivity index (χ1) is 13.3. The van der Waals surface area contributed by atoms with Gasteiger partial charge in [0.1, 0.15) is 22.9 Å². The Bertz CT molecular complexity index is 952. The third-order valence-corrected chi connectivity index (χ3v) is 6.84. The van der Waals surface area contributed by atoms with E-state index >= 15 is 0 Å². The zero-order valence-corrected chi connectivity index (χ0v) is 17.5. The summed E-state index contributed by atoms with van der Waals surface area (Å²) in [5.41, 5.74) is 0.322. The molecule has 28 heavy (non-hydrogen) atoms. The van der Waals surface area contributed by atoms with Crippen molar-refractivity contribution in [3.8, 4) is 5.75 Å². The third kappa shape index (κ3) is 4.51. The molecule has 0 radical (unpaired) electrons. The summed E-state index contributed by atoms with van der Waals surface area (Å²) in [6.07, 6.45) is 3.23. The first kappa shape index (κ1) is 20.7. The van der Waals surface area contributed by atoms with Gasteiger partial charge in [-0.05, 0) is 37.1 Å². The van der Waals surface area contributed by atoms with Crippen molar-refractivity contribution < 1.29 is 17.9 Å². The monoisotopic (exact) mass is 425 g/mol. The van der Waals surface area contributed by atoms with Crippen molar-refractivity contribution in [2.75, 3.05) is 33.3 Å². The number of aromatic nitrogens is 1. The number of hydrogen-bond acceptors (Lipinski definition) is 4. The second-order valence-electron chi connectivity index (χ2n) is 6.82. The van der Waals surface area contributed by atoms with Crippen LogP contribution in [0.15, 0.2) is 41.4 Å². The van der Waals surface area contributed by atoms with Crippen LogP contribution in [-0.4, -0.2) is 61.4 Å². The fourth-order valence-electron chi connectivity index (χ4n) is 3.12. The van der Waals surface area contributed by atoms with Gasteiger partial charge in [-0.3, -0.25) is 4.79 Å². The van der Waals surface area contributed by atoms with E-state index in [-0.39, 0.29) is 10.8 Å². The number of nitrogens with zero attached hydrogens (tertiary/aromatic N) is 3. The van der Waals surface area contributed by atoms with Gasteiger partial charge < -0.3 is 14.2 Å². The minimum atomic E-state index is -3.55. The zero-order valence-electron chi connectivity index (χ0n) is 16.0. The molecule has 1 aliphatic heterocycles. The van der Waals surface area contributed by atoms with Crippen LogP contribution in [0, 0.1) is 0 Å². The zero-order chi connectivity index (χ0) is 20.3. The second-order valence-corrected chi connectivity index (χ2v) is 9.19. The number of carbonyl (C=O) groups is 1. The molecular weight excluding hydrogens is 402 g/mol. The number of hydrogen-bond donors (Lipinski definition) is 0. The van der Waals surface area contributed by atoms with E-state index in [1.54, 1.807) is 42.9 Å². The number of halogens is 1. The summed E-state index contributed by atoms with van der Waals surface area (Å²) in [6.45, 7) is 1.71. The van der Waals surface area contributed by atoms with Crippen LogP contribution in [0.4, 0.5) is 0 Å². The molecule has 1 aliphatic rings. The van der Waals surface area contributed by atoms with Gasteiger partial charge in [-0.25, -0.2) is 8.42 Å². The Hall–Kier alpha value is -2.03. The standard InChI is InChI=1S/C19H24ClN3O4S/c1-21(10-11-27-16-7-5-6-15(20)12-16)19(24)18-13-17(14-22(18)2)28(25,26)23-8-3-4-9-23/h5-7,12-14H,3-4,8-11H2,1-2H3. The van der Waals surface area contributed by atoms with E-state index in [1.807, 2.05) is 0 Å². The largest absolute Gasteiger partial charge is 0.492 e. The van der Waals surface area contributed by atoms with E-state index in [9.17, 15) is 13.2 Å². The Morgan fingerprint density at radius 1 is 1.25 bits per heavy atom. The van der Waals surface area contributed by atoms with Gasteiger partial charge >= 0.3 is 0 Å². The maximum Gasteiger partial charge on any atom is 0.270 e. The van der Waals surface area contributed by atoms with Gasteiger partial charge in [-0.2, -0.15) is 4.31 Å². The summed E-state index contributed by atoms with van der Waals surface area (Å²) in [5.74, 6) is 0.367. The summed E-state index contributed by atoms with van der Waals surface area (Å²) in [4.78, 5) is 14.4. The smallest absolute Gasteiger partial charge is 0.270 e. The lowest BCUT2D eigenvalue weighted by Crippen LogP contribution is -2.32. The topological polar surface area (TPSA) is 71.8 Å². The highest BCUT2D eigenvalue weighted by Crippen LogP contribution is 2.23. The average molecular weight is 426 g/mol. The van der Waals surface area contributed by atoms with Crippen molar-refractivity contribution in [1.82, 2.24) is 13.8 Å². The van der Waals surface area contributed by atoms with Crippen LogP contribution in [0.2, 0.25) is 5.02 Å². The summed E-state index contributed by atoms with van der Waals surface area (Å²) < 4.78 is 34.1. The Labute approximate surface area is 170 Å². The van der Waals surface area contributed by atoms with Crippen LogP contribution in [0.1, 0.15) is 23.3 Å². The predicted octanol–water partition coefficient (Wildman–Crippen LogP) is 2.61. The number of likely N-dealkylation sites (N-methyl/N-ethyl adjacent to an activating group) is 1. The maximum absolute atomic E-state index is 12.7. The summed E-state index contributed by atoms with van der Waals surface area (Å²) in [7, 11) is -0.221. The first-order valence-electron chi connectivity index (χ1n) is 9.09. The summed E-state index contributed by atoms with van der Waals surface area (Å²) >= 11 is 5.92. The Kier molecular flexibility index (Phi) is 6.32. The molecule has 0 bridgehead atoms. The van der Waals surface area contributed by atoms with Crippen LogP contribution in [0.3, 0.4) is 0 Å². The number of amides is 1. The molecule has 2 heterocycles. The average Bonchev–Trinajstić information content (AvgIpc) is 3.31. The molecule has 0 spiro atoms. The van der Waals surface area contributed by atoms with Gasteiger partial charge in [0, 0.05) is 38.4 Å². The van der Waals surface area contributed by atoms with Gasteiger partial charge in [0.05, 0.1) is 6.54 Å². The molecule has 0 unspecified atom stereocenters. The molecule has 3 rings (SSSR count). The van der Waals surface area contributed by atoms with Crippen LogP contribution in [0.5, 0.6) is 5.75 Å². The highest BCUT2D eigenvalue weighted by Gasteiger charge is 2.29. The minimum Gasteiger partial charge on any atom is -0.492 e. The normalized spacial score (nSPS) is 15.0. The van der Waals surface area contributed by atoms with Gasteiger partial charge in [-0.1, -0.05) is 17.7 Å². The van der Waals surface area contributed by atoms with Crippen molar-refractivity contribution in [2.24, 2.45) is 7.05 Å². The van der Waals surface area contributed by atoms with E-state index in [0.717, 1.165) is 12.8 Å². The number of aryl methyl sites for hydroxylation is 1. The maximum atomic E-state index is 12.7. The molecule has 0 saturated carbocycles. The van der Waals surface area contributed by atoms with E-state index in [2.05, 4.69) is 0 Å². The van der Waals surface area contributed by atoms with E-state index in [4.69, 9.17) is 16.3 Å². The van der Waals surface area contributed by atoms with Gasteiger partial charge in [-0.15, -0.1) is 0 Å². The SMILES string of the molecule is CN(CCOc1cccc(Cl)c1)C(=O)c1cc(S(=O)(=O)N2CCCC2)cn1C. The molecule has 0 N–H and O–H groups in total. The molecule has 152 valence electrons. The van der Waals surface area contributed by atoms with Crippen molar-refractivity contribution in [3.63, 3.8) is 0 Å². The molecule has 1 aromatic carbocycles. The van der Waals surface area contributed by atoms with E-state index < -0.39 is 10.0 Å².